The number of thioether (sulfide) groups is 1. The molecule has 2 aliphatic heterocycles. The van der Waals surface area contributed by atoms with E-state index in [0.29, 0.717) is 12.3 Å². The van der Waals surface area contributed by atoms with Gasteiger partial charge in [0.2, 0.25) is 5.91 Å². The molecule has 2 aliphatic rings. The summed E-state index contributed by atoms with van der Waals surface area (Å²) in [6, 6.07) is 9.11. The van der Waals surface area contributed by atoms with E-state index in [1.807, 2.05) is 18.2 Å². The molecule has 0 bridgehead atoms. The van der Waals surface area contributed by atoms with E-state index in [9.17, 15) is 9.59 Å². The highest BCUT2D eigenvalue weighted by atomic mass is 32.2. The van der Waals surface area contributed by atoms with Crippen LogP contribution in [-0.4, -0.2) is 53.7 Å². The molecule has 2 heterocycles. The third-order valence-corrected chi connectivity index (χ3v) is 5.25. The summed E-state index contributed by atoms with van der Waals surface area (Å²) in [5.74, 6) is 1.25. The second kappa shape index (κ2) is 6.81. The topological polar surface area (TPSA) is 72.6 Å². The van der Waals surface area contributed by atoms with Crippen LogP contribution in [0, 0.1) is 0 Å². The number of carbonyl (C=O) groups excluding carboxylic acids is 2. The number of ether oxygens (including phenoxy) is 1. The van der Waals surface area contributed by atoms with Crippen LogP contribution in [0.15, 0.2) is 30.3 Å². The lowest BCUT2D eigenvalue weighted by molar-refractivity contribution is -0.137. The first kappa shape index (κ1) is 15.5. The molecule has 0 radical (unpaired) electrons. The first-order valence-corrected chi connectivity index (χ1v) is 8.64. The van der Waals surface area contributed by atoms with Crippen molar-refractivity contribution in [3.63, 3.8) is 0 Å². The lowest BCUT2D eigenvalue weighted by Crippen LogP contribution is -2.50. The molecule has 118 valence electrons. The highest BCUT2D eigenvalue weighted by Gasteiger charge is 2.47. The van der Waals surface area contributed by atoms with Gasteiger partial charge < -0.3 is 15.4 Å². The smallest absolute Gasteiger partial charge is 0.241 e. The quantitative estimate of drug-likeness (QED) is 0.869. The fourth-order valence-electron chi connectivity index (χ4n) is 3.00. The van der Waals surface area contributed by atoms with Gasteiger partial charge in [0.25, 0.3) is 0 Å². The summed E-state index contributed by atoms with van der Waals surface area (Å²) >= 11 is 1.64. The molecule has 3 rings (SSSR count). The van der Waals surface area contributed by atoms with E-state index in [1.54, 1.807) is 16.7 Å². The van der Waals surface area contributed by atoms with Gasteiger partial charge in [-0.2, -0.15) is 11.8 Å². The molecule has 6 heteroatoms. The van der Waals surface area contributed by atoms with Crippen LogP contribution in [-0.2, 0) is 20.1 Å². The number of rotatable bonds is 5. The van der Waals surface area contributed by atoms with Crippen LogP contribution in [0.4, 0.5) is 0 Å². The molecule has 2 saturated heterocycles. The van der Waals surface area contributed by atoms with Gasteiger partial charge in [0.05, 0.1) is 12.1 Å². The van der Waals surface area contributed by atoms with Gasteiger partial charge in [0, 0.05) is 18.1 Å². The minimum Gasteiger partial charge on any atom is -0.368 e. The molecular formula is C16H20N2O3S. The normalized spacial score (nSPS) is 25.3. The zero-order chi connectivity index (χ0) is 15.5. The summed E-state index contributed by atoms with van der Waals surface area (Å²) in [5, 5.41) is 0. The predicted molar refractivity (Wildman–Crippen MR) is 85.4 cm³/mol. The van der Waals surface area contributed by atoms with Crippen LogP contribution in [0.2, 0.25) is 0 Å². The minimum atomic E-state index is -0.569. The van der Waals surface area contributed by atoms with Gasteiger partial charge >= 0.3 is 0 Å². The average Bonchev–Trinajstić information content (AvgIpc) is 3.11. The molecule has 1 aromatic rings. The maximum Gasteiger partial charge on any atom is 0.241 e. The number of amides is 1. The van der Waals surface area contributed by atoms with Crippen molar-refractivity contribution in [1.29, 1.82) is 0 Å². The molecular weight excluding hydrogens is 300 g/mol. The fraction of sp³-hybridized carbons (Fsp3) is 0.500. The van der Waals surface area contributed by atoms with Crippen LogP contribution < -0.4 is 5.73 Å². The molecule has 22 heavy (non-hydrogen) atoms. The van der Waals surface area contributed by atoms with Crippen molar-refractivity contribution < 1.29 is 14.3 Å². The van der Waals surface area contributed by atoms with Crippen LogP contribution in [0.1, 0.15) is 12.0 Å². The highest BCUT2D eigenvalue weighted by Crippen LogP contribution is 2.27. The van der Waals surface area contributed by atoms with Crippen molar-refractivity contribution in [3.05, 3.63) is 35.9 Å². The van der Waals surface area contributed by atoms with Gasteiger partial charge in [-0.05, 0) is 12.0 Å². The second-order valence-corrected chi connectivity index (χ2v) is 6.72. The van der Waals surface area contributed by atoms with Crippen molar-refractivity contribution >= 4 is 23.5 Å². The number of nitrogens with two attached hydrogens (primary N) is 1. The van der Waals surface area contributed by atoms with Gasteiger partial charge in [0.1, 0.15) is 12.6 Å². The lowest BCUT2D eigenvalue weighted by Gasteiger charge is -2.24. The first-order valence-electron chi connectivity index (χ1n) is 7.49. The molecule has 2 fully saturated rings. The van der Waals surface area contributed by atoms with Gasteiger partial charge in [-0.25, -0.2) is 0 Å². The maximum absolute atomic E-state index is 12.5. The van der Waals surface area contributed by atoms with Crippen molar-refractivity contribution in [1.82, 2.24) is 4.90 Å². The summed E-state index contributed by atoms with van der Waals surface area (Å²) < 4.78 is 5.40. The van der Waals surface area contributed by atoms with Crippen molar-refractivity contribution in [2.45, 2.75) is 30.4 Å². The van der Waals surface area contributed by atoms with Gasteiger partial charge in [-0.3, -0.25) is 9.59 Å². The molecule has 0 aliphatic carbocycles. The Kier molecular flexibility index (Phi) is 4.81. The number of hydrogen-bond donors (Lipinski definition) is 1. The summed E-state index contributed by atoms with van der Waals surface area (Å²) in [6.07, 6.45) is 0.604. The van der Waals surface area contributed by atoms with E-state index in [0.717, 1.165) is 12.2 Å². The Morgan fingerprint density at radius 1 is 1.41 bits per heavy atom. The Balaban J connectivity index is 1.50. The minimum absolute atomic E-state index is 0.0000105. The zero-order valence-corrected chi connectivity index (χ0v) is 13.1. The zero-order valence-electron chi connectivity index (χ0n) is 12.3. The van der Waals surface area contributed by atoms with Gasteiger partial charge in [-0.15, -0.1) is 0 Å². The Morgan fingerprint density at radius 3 is 2.95 bits per heavy atom. The molecule has 3 atom stereocenters. The summed E-state index contributed by atoms with van der Waals surface area (Å²) in [5.41, 5.74) is 7.24. The molecule has 2 N–H and O–H groups in total. The SMILES string of the molecule is NC(CSCc1ccccc1)C(=O)N1CCC2OCC(=O)C21. The molecule has 5 nitrogen and oxygen atoms in total. The summed E-state index contributed by atoms with van der Waals surface area (Å²) in [6.45, 7) is 0.689. The number of ketones is 1. The van der Waals surface area contributed by atoms with E-state index in [4.69, 9.17) is 10.5 Å². The van der Waals surface area contributed by atoms with Crippen LogP contribution >= 0.6 is 11.8 Å². The van der Waals surface area contributed by atoms with E-state index in [1.165, 1.54) is 5.56 Å². The molecule has 3 unspecified atom stereocenters. The molecule has 0 spiro atoms. The third-order valence-electron chi connectivity index (χ3n) is 4.12. The number of benzene rings is 1. The van der Waals surface area contributed by atoms with Gasteiger partial charge in [0.15, 0.2) is 5.78 Å². The Morgan fingerprint density at radius 2 is 2.18 bits per heavy atom. The molecule has 0 aromatic heterocycles. The highest BCUT2D eigenvalue weighted by molar-refractivity contribution is 7.98. The standard InChI is InChI=1S/C16H20N2O3S/c17-12(10-22-9-11-4-2-1-3-5-11)16(20)18-7-6-14-15(18)13(19)8-21-14/h1-5,12,14-15H,6-10,17H2. The molecule has 1 amide bonds. The Labute approximate surface area is 134 Å². The van der Waals surface area contributed by atoms with E-state index in [-0.39, 0.29) is 24.4 Å². The molecule has 1 aromatic carbocycles. The number of likely N-dealkylation sites (tertiary alicyclic amines) is 1. The third kappa shape index (κ3) is 3.19. The molecule has 0 saturated carbocycles. The number of carbonyl (C=O) groups is 2. The van der Waals surface area contributed by atoms with Crippen molar-refractivity contribution in [2.75, 3.05) is 18.9 Å². The lowest BCUT2D eigenvalue weighted by atomic mass is 10.1. The van der Waals surface area contributed by atoms with Crippen LogP contribution in [0.25, 0.3) is 0 Å². The van der Waals surface area contributed by atoms with Crippen molar-refractivity contribution in [3.8, 4) is 0 Å². The van der Waals surface area contributed by atoms with Crippen molar-refractivity contribution in [2.24, 2.45) is 5.73 Å². The summed E-state index contributed by atoms with van der Waals surface area (Å²) in [7, 11) is 0. The largest absolute Gasteiger partial charge is 0.368 e. The first-order chi connectivity index (χ1) is 10.7. The van der Waals surface area contributed by atoms with E-state index < -0.39 is 12.1 Å². The van der Waals surface area contributed by atoms with Crippen LogP contribution in [0.3, 0.4) is 0 Å². The average molecular weight is 320 g/mol. The number of Topliss-reactive ketones (excluding diaryl/α,β-unsaturated/α-hetero) is 1. The summed E-state index contributed by atoms with van der Waals surface area (Å²) in [4.78, 5) is 25.9. The fourth-order valence-corrected chi connectivity index (χ4v) is 3.95. The Hall–Kier alpha value is -1.37. The number of fused-ring (bicyclic) bond motifs is 1. The second-order valence-electron chi connectivity index (χ2n) is 5.69. The van der Waals surface area contributed by atoms with E-state index in [2.05, 4.69) is 12.1 Å². The van der Waals surface area contributed by atoms with Gasteiger partial charge in [-0.1, -0.05) is 30.3 Å². The predicted octanol–water partition coefficient (Wildman–Crippen LogP) is 0.816. The number of hydrogen-bond acceptors (Lipinski definition) is 5. The Bertz CT molecular complexity index is 552. The monoisotopic (exact) mass is 320 g/mol. The van der Waals surface area contributed by atoms with Crippen LogP contribution in [0.5, 0.6) is 0 Å². The van der Waals surface area contributed by atoms with E-state index >= 15 is 0 Å². The number of nitrogens with zero attached hydrogens (tertiary/aromatic N) is 1. The maximum atomic E-state index is 12.5.